The molecule has 1 saturated carbocycles. The normalized spacial score (nSPS) is 14.2. The van der Waals surface area contributed by atoms with Crippen LogP contribution in [0.3, 0.4) is 0 Å². The molecule has 2 aromatic rings. The number of hydrogen-bond acceptors (Lipinski definition) is 4. The minimum absolute atomic E-state index is 0.113. The van der Waals surface area contributed by atoms with Crippen LogP contribution in [0.25, 0.3) is 0 Å². The molecule has 0 unspecified atom stereocenters. The van der Waals surface area contributed by atoms with Gasteiger partial charge in [-0.25, -0.2) is 0 Å². The first-order chi connectivity index (χ1) is 10.1. The van der Waals surface area contributed by atoms with Crippen LogP contribution in [0.1, 0.15) is 36.0 Å². The van der Waals surface area contributed by atoms with E-state index < -0.39 is 0 Å². The molecule has 5 nitrogen and oxygen atoms in total. The van der Waals surface area contributed by atoms with Crippen molar-refractivity contribution in [2.24, 2.45) is 0 Å². The van der Waals surface area contributed by atoms with Gasteiger partial charge in [0.2, 0.25) is 11.8 Å². The van der Waals surface area contributed by atoms with E-state index in [-0.39, 0.29) is 18.9 Å². The van der Waals surface area contributed by atoms with Gasteiger partial charge in [-0.15, -0.1) is 0 Å². The van der Waals surface area contributed by atoms with E-state index in [1.165, 1.54) is 0 Å². The monoisotopic (exact) mass is 325 g/mol. The van der Waals surface area contributed by atoms with Gasteiger partial charge in [-0.1, -0.05) is 34.4 Å². The van der Waals surface area contributed by atoms with Gasteiger partial charge in [-0.05, 0) is 30.5 Å². The first-order valence-electron chi connectivity index (χ1n) is 6.65. The maximum absolute atomic E-state index is 11.9. The zero-order valence-corrected chi connectivity index (χ0v) is 12.6. The molecule has 1 aromatic heterocycles. The summed E-state index contributed by atoms with van der Waals surface area (Å²) in [6.45, 7) is 0.209. The molecule has 110 valence electrons. The first kappa shape index (κ1) is 14.4. The van der Waals surface area contributed by atoms with Crippen molar-refractivity contribution in [3.8, 4) is 0 Å². The van der Waals surface area contributed by atoms with Crippen molar-refractivity contribution in [1.29, 1.82) is 0 Å². The molecule has 3 rings (SSSR count). The van der Waals surface area contributed by atoms with Crippen LogP contribution in [-0.2, 0) is 17.8 Å². The molecule has 1 aliphatic rings. The summed E-state index contributed by atoms with van der Waals surface area (Å²) in [4.78, 5) is 16.2. The molecular formula is C14H13Cl2N3O2. The predicted molar refractivity (Wildman–Crippen MR) is 78.3 cm³/mol. The summed E-state index contributed by atoms with van der Waals surface area (Å²) in [5, 5.41) is 7.57. The Morgan fingerprint density at radius 3 is 2.71 bits per heavy atom. The van der Waals surface area contributed by atoms with Gasteiger partial charge in [-0.3, -0.25) is 4.79 Å². The average Bonchev–Trinajstić information content (AvgIpc) is 3.20. The number of benzene rings is 1. The van der Waals surface area contributed by atoms with Crippen molar-refractivity contribution >= 4 is 29.1 Å². The van der Waals surface area contributed by atoms with Crippen molar-refractivity contribution in [2.45, 2.75) is 31.7 Å². The van der Waals surface area contributed by atoms with Crippen molar-refractivity contribution in [2.75, 3.05) is 0 Å². The predicted octanol–water partition coefficient (Wildman–Crippen LogP) is 3.11. The Bertz CT molecular complexity index is 648. The Morgan fingerprint density at radius 2 is 2.05 bits per heavy atom. The lowest BCUT2D eigenvalue weighted by Crippen LogP contribution is -2.25. The fourth-order valence-corrected chi connectivity index (χ4v) is 2.48. The van der Waals surface area contributed by atoms with Crippen molar-refractivity contribution < 1.29 is 9.32 Å². The van der Waals surface area contributed by atoms with Crippen LogP contribution >= 0.6 is 23.2 Å². The Morgan fingerprint density at radius 1 is 1.33 bits per heavy atom. The highest BCUT2D eigenvalue weighted by molar-refractivity contribution is 6.36. The number of rotatable bonds is 5. The van der Waals surface area contributed by atoms with Gasteiger partial charge in [0.25, 0.3) is 0 Å². The third-order valence-electron chi connectivity index (χ3n) is 3.26. The van der Waals surface area contributed by atoms with Gasteiger partial charge < -0.3 is 9.84 Å². The van der Waals surface area contributed by atoms with Gasteiger partial charge in [0.1, 0.15) is 0 Å². The molecule has 0 spiro atoms. The van der Waals surface area contributed by atoms with E-state index >= 15 is 0 Å². The highest BCUT2D eigenvalue weighted by Gasteiger charge is 2.28. The van der Waals surface area contributed by atoms with E-state index in [2.05, 4.69) is 15.5 Å². The molecule has 1 heterocycles. The molecule has 0 radical (unpaired) electrons. The molecule has 0 atom stereocenters. The van der Waals surface area contributed by atoms with Crippen LogP contribution in [0.15, 0.2) is 22.7 Å². The maximum atomic E-state index is 11.9. The summed E-state index contributed by atoms with van der Waals surface area (Å²) < 4.78 is 5.09. The molecule has 1 amide bonds. The van der Waals surface area contributed by atoms with Crippen LogP contribution in [-0.4, -0.2) is 16.0 Å². The topological polar surface area (TPSA) is 68.0 Å². The van der Waals surface area contributed by atoms with Crippen LogP contribution < -0.4 is 5.32 Å². The van der Waals surface area contributed by atoms with Crippen LogP contribution in [0.4, 0.5) is 0 Å². The number of amides is 1. The van der Waals surface area contributed by atoms with E-state index in [9.17, 15) is 4.79 Å². The second-order valence-electron chi connectivity index (χ2n) is 4.97. The largest absolute Gasteiger partial charge is 0.347 e. The second kappa shape index (κ2) is 6.03. The van der Waals surface area contributed by atoms with E-state index in [0.717, 1.165) is 18.7 Å². The Labute approximate surface area is 131 Å². The Kier molecular flexibility index (Phi) is 4.12. The van der Waals surface area contributed by atoms with Crippen molar-refractivity contribution in [1.82, 2.24) is 15.5 Å². The summed E-state index contributed by atoms with van der Waals surface area (Å²) in [6, 6.07) is 5.15. The quantitative estimate of drug-likeness (QED) is 0.917. The molecular weight excluding hydrogens is 313 g/mol. The molecule has 1 fully saturated rings. The molecule has 0 aliphatic heterocycles. The van der Waals surface area contributed by atoms with Crippen molar-refractivity contribution in [3.63, 3.8) is 0 Å². The van der Waals surface area contributed by atoms with Gasteiger partial charge in [0.15, 0.2) is 5.82 Å². The van der Waals surface area contributed by atoms with Gasteiger partial charge in [0, 0.05) is 16.0 Å². The van der Waals surface area contributed by atoms with E-state index in [0.29, 0.717) is 27.4 Å². The number of hydrogen-bond donors (Lipinski definition) is 1. The third kappa shape index (κ3) is 3.54. The lowest BCUT2D eigenvalue weighted by Gasteiger charge is -2.06. The summed E-state index contributed by atoms with van der Waals surface area (Å²) in [5.74, 6) is 1.38. The summed E-state index contributed by atoms with van der Waals surface area (Å²) in [7, 11) is 0. The standard InChI is InChI=1S/C14H13Cl2N3O2/c15-10-2-1-3-11(16)9(10)6-12(20)17-7-13-18-14(19-21-13)8-4-5-8/h1-3,8H,4-7H2,(H,17,20). The molecule has 1 N–H and O–H groups in total. The molecule has 1 aromatic carbocycles. The maximum Gasteiger partial charge on any atom is 0.246 e. The minimum atomic E-state index is -0.198. The Balaban J connectivity index is 1.56. The number of nitrogens with zero attached hydrogens (tertiary/aromatic N) is 2. The summed E-state index contributed by atoms with van der Waals surface area (Å²) in [5.41, 5.74) is 0.613. The van der Waals surface area contributed by atoms with E-state index in [1.54, 1.807) is 18.2 Å². The number of halogens is 2. The highest BCUT2D eigenvalue weighted by atomic mass is 35.5. The second-order valence-corrected chi connectivity index (χ2v) is 5.79. The Hall–Kier alpha value is -1.59. The fraction of sp³-hybridized carbons (Fsp3) is 0.357. The molecule has 1 aliphatic carbocycles. The lowest BCUT2D eigenvalue weighted by molar-refractivity contribution is -0.120. The van der Waals surface area contributed by atoms with Crippen LogP contribution in [0.2, 0.25) is 10.0 Å². The van der Waals surface area contributed by atoms with Gasteiger partial charge in [-0.2, -0.15) is 4.98 Å². The van der Waals surface area contributed by atoms with Crippen LogP contribution in [0, 0.1) is 0 Å². The smallest absolute Gasteiger partial charge is 0.246 e. The minimum Gasteiger partial charge on any atom is -0.347 e. The number of carbonyl (C=O) groups is 1. The third-order valence-corrected chi connectivity index (χ3v) is 3.97. The lowest BCUT2D eigenvalue weighted by atomic mass is 10.1. The molecule has 7 heteroatoms. The summed E-state index contributed by atoms with van der Waals surface area (Å²) >= 11 is 12.1. The highest BCUT2D eigenvalue weighted by Crippen LogP contribution is 2.38. The van der Waals surface area contributed by atoms with Crippen molar-refractivity contribution in [3.05, 3.63) is 45.5 Å². The molecule has 0 saturated heterocycles. The van der Waals surface area contributed by atoms with Gasteiger partial charge in [0.05, 0.1) is 13.0 Å². The van der Waals surface area contributed by atoms with Crippen LogP contribution in [0.5, 0.6) is 0 Å². The number of nitrogens with one attached hydrogen (secondary N) is 1. The van der Waals surface area contributed by atoms with E-state index in [1.807, 2.05) is 0 Å². The molecule has 21 heavy (non-hydrogen) atoms. The number of carbonyl (C=O) groups excluding carboxylic acids is 1. The van der Waals surface area contributed by atoms with E-state index in [4.69, 9.17) is 27.7 Å². The average molecular weight is 326 g/mol. The fourth-order valence-electron chi connectivity index (χ4n) is 1.95. The first-order valence-corrected chi connectivity index (χ1v) is 7.41. The number of aromatic nitrogens is 2. The zero-order chi connectivity index (χ0) is 14.8. The zero-order valence-electron chi connectivity index (χ0n) is 11.1. The summed E-state index contributed by atoms with van der Waals surface area (Å²) in [6.07, 6.45) is 2.33. The molecule has 0 bridgehead atoms. The van der Waals surface area contributed by atoms with Gasteiger partial charge >= 0.3 is 0 Å². The SMILES string of the molecule is O=C(Cc1c(Cl)cccc1Cl)NCc1nc(C2CC2)no1.